The lowest BCUT2D eigenvalue weighted by Gasteiger charge is -2.11. The molecule has 4 nitrogen and oxygen atoms in total. The highest BCUT2D eigenvalue weighted by Gasteiger charge is 2.14. The molecule has 0 bridgehead atoms. The third-order valence-electron chi connectivity index (χ3n) is 2.16. The van der Waals surface area contributed by atoms with Crippen LogP contribution in [0.3, 0.4) is 0 Å². The Balaban J connectivity index is 2.69. The van der Waals surface area contributed by atoms with Crippen molar-refractivity contribution >= 4 is 5.91 Å². The first-order valence-corrected chi connectivity index (χ1v) is 4.78. The zero-order valence-electron chi connectivity index (χ0n) is 9.13. The zero-order chi connectivity index (χ0) is 11.4. The second-order valence-corrected chi connectivity index (χ2v) is 3.49. The normalized spacial score (nSPS) is 11.9. The van der Waals surface area contributed by atoms with Gasteiger partial charge in [0.1, 0.15) is 17.9 Å². The molecule has 4 heteroatoms. The van der Waals surface area contributed by atoms with E-state index in [0.717, 1.165) is 17.1 Å². The van der Waals surface area contributed by atoms with Crippen LogP contribution in [0.1, 0.15) is 36.5 Å². The largest absolute Gasteiger partial charge is 0.466 e. The molecule has 1 unspecified atom stereocenters. The molecule has 1 amide bonds. The molecule has 1 aromatic rings. The van der Waals surface area contributed by atoms with Crippen molar-refractivity contribution in [2.75, 3.05) is 0 Å². The quantitative estimate of drug-likeness (QED) is 0.822. The highest BCUT2D eigenvalue weighted by Crippen LogP contribution is 2.20. The summed E-state index contributed by atoms with van der Waals surface area (Å²) in [5.74, 6) is 1.37. The number of hydrogen-bond acceptors (Lipinski definition) is 3. The van der Waals surface area contributed by atoms with Crippen molar-refractivity contribution in [3.63, 3.8) is 0 Å². The molecule has 0 aliphatic rings. The summed E-state index contributed by atoms with van der Waals surface area (Å²) in [4.78, 5) is 11.2. The van der Waals surface area contributed by atoms with Crippen molar-refractivity contribution in [1.82, 2.24) is 5.32 Å². The number of amides is 1. The van der Waals surface area contributed by atoms with Crippen LogP contribution >= 0.6 is 0 Å². The van der Waals surface area contributed by atoms with Crippen LogP contribution in [-0.4, -0.2) is 5.91 Å². The van der Waals surface area contributed by atoms with Gasteiger partial charge in [-0.3, -0.25) is 4.79 Å². The molecule has 0 saturated heterocycles. The summed E-state index contributed by atoms with van der Waals surface area (Å²) in [6.07, 6.45) is -0.111. The first-order valence-electron chi connectivity index (χ1n) is 4.78. The van der Waals surface area contributed by atoms with E-state index in [2.05, 4.69) is 5.32 Å². The smallest absolute Gasteiger partial charge is 0.234 e. The Hall–Kier alpha value is -1.76. The molecule has 1 rings (SSSR count). The van der Waals surface area contributed by atoms with Crippen LogP contribution in [0.25, 0.3) is 0 Å². The van der Waals surface area contributed by atoms with Crippen LogP contribution in [0.2, 0.25) is 0 Å². The summed E-state index contributed by atoms with van der Waals surface area (Å²) in [6, 6.07) is 3.58. The first kappa shape index (κ1) is 11.3. The van der Waals surface area contributed by atoms with E-state index < -0.39 is 0 Å². The van der Waals surface area contributed by atoms with Gasteiger partial charge in [0.2, 0.25) is 5.91 Å². The highest BCUT2D eigenvalue weighted by molar-refractivity contribution is 5.78. The minimum absolute atomic E-state index is 0.111. The fraction of sp³-hybridized carbons (Fsp3) is 0.455. The number of nitrogens with one attached hydrogen (secondary N) is 1. The molecular formula is C11H14N2O2. The van der Waals surface area contributed by atoms with E-state index >= 15 is 0 Å². The predicted octanol–water partition coefficient (Wildman–Crippen LogP) is 1.99. The molecule has 0 saturated carbocycles. The van der Waals surface area contributed by atoms with Gasteiger partial charge in [0.25, 0.3) is 0 Å². The van der Waals surface area contributed by atoms with Gasteiger partial charge < -0.3 is 9.73 Å². The van der Waals surface area contributed by atoms with E-state index in [9.17, 15) is 4.79 Å². The number of nitriles is 1. The summed E-state index contributed by atoms with van der Waals surface area (Å²) in [5.41, 5.74) is 0.957. The average molecular weight is 206 g/mol. The van der Waals surface area contributed by atoms with Crippen LogP contribution in [0.5, 0.6) is 0 Å². The number of carbonyl (C=O) groups excluding carboxylic acids is 1. The van der Waals surface area contributed by atoms with E-state index in [1.165, 1.54) is 0 Å². The van der Waals surface area contributed by atoms with Gasteiger partial charge in [-0.05, 0) is 26.8 Å². The SMILES string of the molecule is Cc1cc(C(C)NC(=O)CC#N)c(C)o1. The monoisotopic (exact) mass is 206 g/mol. The van der Waals surface area contributed by atoms with Gasteiger partial charge in [0.15, 0.2) is 0 Å². The number of furan rings is 1. The van der Waals surface area contributed by atoms with Gasteiger partial charge in [-0.15, -0.1) is 0 Å². The van der Waals surface area contributed by atoms with Crippen LogP contribution in [-0.2, 0) is 4.79 Å². The lowest BCUT2D eigenvalue weighted by Crippen LogP contribution is -2.26. The minimum Gasteiger partial charge on any atom is -0.466 e. The summed E-state index contributed by atoms with van der Waals surface area (Å²) in [7, 11) is 0. The maximum Gasteiger partial charge on any atom is 0.234 e. The molecule has 0 spiro atoms. The Morgan fingerprint density at radius 3 is 2.80 bits per heavy atom. The maximum absolute atomic E-state index is 11.2. The van der Waals surface area contributed by atoms with Crippen LogP contribution in [0, 0.1) is 25.2 Å². The van der Waals surface area contributed by atoms with Crippen molar-refractivity contribution in [2.45, 2.75) is 33.2 Å². The Kier molecular flexibility index (Phi) is 3.51. The van der Waals surface area contributed by atoms with Crippen LogP contribution in [0.15, 0.2) is 10.5 Å². The lowest BCUT2D eigenvalue weighted by molar-refractivity contribution is -0.120. The van der Waals surface area contributed by atoms with E-state index in [1.54, 1.807) is 0 Å². The van der Waals surface area contributed by atoms with E-state index in [-0.39, 0.29) is 18.4 Å². The number of nitrogens with zero attached hydrogens (tertiary/aromatic N) is 1. The number of aryl methyl sites for hydroxylation is 2. The second-order valence-electron chi connectivity index (χ2n) is 3.49. The lowest BCUT2D eigenvalue weighted by atomic mass is 10.1. The fourth-order valence-electron chi connectivity index (χ4n) is 1.52. The highest BCUT2D eigenvalue weighted by atomic mass is 16.3. The first-order chi connectivity index (χ1) is 7.04. The van der Waals surface area contributed by atoms with Gasteiger partial charge in [-0.2, -0.15) is 5.26 Å². The fourth-order valence-corrected chi connectivity index (χ4v) is 1.52. The predicted molar refractivity (Wildman–Crippen MR) is 55.0 cm³/mol. The van der Waals surface area contributed by atoms with Crippen molar-refractivity contribution in [1.29, 1.82) is 5.26 Å². The molecule has 1 N–H and O–H groups in total. The Labute approximate surface area is 88.9 Å². The minimum atomic E-state index is -0.261. The Morgan fingerprint density at radius 1 is 1.67 bits per heavy atom. The van der Waals surface area contributed by atoms with Crippen molar-refractivity contribution < 1.29 is 9.21 Å². The number of carbonyl (C=O) groups is 1. The molecule has 0 radical (unpaired) electrons. The molecular weight excluding hydrogens is 192 g/mol. The second kappa shape index (κ2) is 4.65. The molecule has 15 heavy (non-hydrogen) atoms. The van der Waals surface area contributed by atoms with Crippen molar-refractivity contribution in [3.8, 4) is 6.07 Å². The third kappa shape index (κ3) is 2.84. The van der Waals surface area contributed by atoms with Gasteiger partial charge in [-0.25, -0.2) is 0 Å². The molecule has 0 aromatic carbocycles. The third-order valence-corrected chi connectivity index (χ3v) is 2.16. The molecule has 1 heterocycles. The Morgan fingerprint density at radius 2 is 2.33 bits per heavy atom. The summed E-state index contributed by atoms with van der Waals surface area (Å²) < 4.78 is 5.36. The topological polar surface area (TPSA) is 66.0 Å². The van der Waals surface area contributed by atoms with E-state index in [4.69, 9.17) is 9.68 Å². The van der Waals surface area contributed by atoms with Crippen molar-refractivity contribution in [2.24, 2.45) is 0 Å². The van der Waals surface area contributed by atoms with Gasteiger partial charge in [-0.1, -0.05) is 0 Å². The molecule has 0 aliphatic heterocycles. The molecule has 1 atom stereocenters. The van der Waals surface area contributed by atoms with E-state index in [0.29, 0.717) is 0 Å². The number of hydrogen-bond donors (Lipinski definition) is 1. The molecule has 0 fully saturated rings. The molecule has 0 aliphatic carbocycles. The zero-order valence-corrected chi connectivity index (χ0v) is 9.13. The van der Waals surface area contributed by atoms with Crippen LogP contribution < -0.4 is 5.32 Å². The molecule has 1 aromatic heterocycles. The van der Waals surface area contributed by atoms with Gasteiger partial charge in [0, 0.05) is 5.56 Å². The summed E-state index contributed by atoms with van der Waals surface area (Å²) in [6.45, 7) is 5.59. The van der Waals surface area contributed by atoms with Gasteiger partial charge in [0.05, 0.1) is 12.1 Å². The molecule has 80 valence electrons. The summed E-state index contributed by atoms with van der Waals surface area (Å²) >= 11 is 0. The average Bonchev–Trinajstić information content (AvgIpc) is 2.45. The number of rotatable bonds is 3. The maximum atomic E-state index is 11.2. The Bertz CT molecular complexity index is 401. The van der Waals surface area contributed by atoms with Crippen LogP contribution in [0.4, 0.5) is 0 Å². The van der Waals surface area contributed by atoms with Crippen molar-refractivity contribution in [3.05, 3.63) is 23.2 Å². The standard InChI is InChI=1S/C11H14N2O2/c1-7-6-10(9(3)15-7)8(2)13-11(14)4-5-12/h6,8H,4H2,1-3H3,(H,13,14). The summed E-state index contributed by atoms with van der Waals surface area (Å²) in [5, 5.41) is 11.1. The van der Waals surface area contributed by atoms with Gasteiger partial charge >= 0.3 is 0 Å². The van der Waals surface area contributed by atoms with E-state index in [1.807, 2.05) is 32.9 Å².